The van der Waals surface area contributed by atoms with Gasteiger partial charge in [-0.1, -0.05) is 30.3 Å². The van der Waals surface area contributed by atoms with Crippen molar-refractivity contribution in [3.8, 4) is 0 Å². The minimum Gasteiger partial charge on any atom is -0.388 e. The minimum absolute atomic E-state index is 0.0493. The largest absolute Gasteiger partial charge is 0.388 e. The van der Waals surface area contributed by atoms with E-state index in [1.807, 2.05) is 13.0 Å². The third-order valence-corrected chi connectivity index (χ3v) is 2.36. The van der Waals surface area contributed by atoms with Gasteiger partial charge in [-0.3, -0.25) is 5.41 Å². The van der Waals surface area contributed by atoms with E-state index in [0.717, 1.165) is 19.4 Å². The third-order valence-electron chi connectivity index (χ3n) is 2.36. The van der Waals surface area contributed by atoms with Gasteiger partial charge in [0.15, 0.2) is 0 Å². The van der Waals surface area contributed by atoms with Crippen LogP contribution in [-0.4, -0.2) is 18.5 Å². The molecule has 0 aromatic heterocycles. The first-order chi connectivity index (χ1) is 7.68. The van der Waals surface area contributed by atoms with Crippen molar-refractivity contribution in [2.45, 2.75) is 32.3 Å². The van der Waals surface area contributed by atoms with Gasteiger partial charge in [0.25, 0.3) is 0 Å². The van der Waals surface area contributed by atoms with E-state index in [1.54, 1.807) is 0 Å². The first-order valence-electron chi connectivity index (χ1n) is 5.67. The van der Waals surface area contributed by atoms with Gasteiger partial charge in [0, 0.05) is 13.0 Å². The van der Waals surface area contributed by atoms with E-state index < -0.39 is 0 Å². The summed E-state index contributed by atoms with van der Waals surface area (Å²) in [6, 6.07) is 10.4. The Morgan fingerprint density at radius 2 is 2.06 bits per heavy atom. The average molecular weight is 220 g/mol. The van der Waals surface area contributed by atoms with Crippen LogP contribution in [-0.2, 0) is 11.2 Å². The molecule has 3 N–H and O–H groups in total. The molecule has 1 aromatic rings. The predicted molar refractivity (Wildman–Crippen MR) is 66.7 cm³/mol. The summed E-state index contributed by atoms with van der Waals surface area (Å²) in [7, 11) is 0. The van der Waals surface area contributed by atoms with Crippen LogP contribution in [0.3, 0.4) is 0 Å². The Hall–Kier alpha value is -1.35. The average Bonchev–Trinajstić information content (AvgIpc) is 2.25. The lowest BCUT2D eigenvalue weighted by atomic mass is 10.1. The van der Waals surface area contributed by atoms with Gasteiger partial charge >= 0.3 is 0 Å². The highest BCUT2D eigenvalue weighted by molar-refractivity contribution is 5.77. The molecule has 1 aromatic carbocycles. The molecule has 0 bridgehead atoms. The van der Waals surface area contributed by atoms with E-state index in [2.05, 4.69) is 24.3 Å². The molecule has 0 saturated carbocycles. The first-order valence-corrected chi connectivity index (χ1v) is 5.67. The topological polar surface area (TPSA) is 59.1 Å². The number of hydrogen-bond donors (Lipinski definition) is 2. The molecule has 0 aliphatic rings. The van der Waals surface area contributed by atoms with Gasteiger partial charge in [-0.05, 0) is 25.3 Å². The smallest absolute Gasteiger partial charge is 0.0931 e. The van der Waals surface area contributed by atoms with Gasteiger partial charge in [0.05, 0.1) is 11.9 Å². The maximum Gasteiger partial charge on any atom is 0.0931 e. The van der Waals surface area contributed by atoms with Crippen LogP contribution in [0.5, 0.6) is 0 Å². The van der Waals surface area contributed by atoms with Crippen LogP contribution in [0, 0.1) is 5.41 Å². The molecule has 3 nitrogen and oxygen atoms in total. The van der Waals surface area contributed by atoms with E-state index in [1.165, 1.54) is 5.56 Å². The molecule has 0 aliphatic carbocycles. The molecule has 0 fully saturated rings. The molecular weight excluding hydrogens is 200 g/mol. The second kappa shape index (κ2) is 7.01. The SMILES string of the molecule is CC(CC(=N)N)OCCCc1ccccc1. The van der Waals surface area contributed by atoms with E-state index in [9.17, 15) is 0 Å². The van der Waals surface area contributed by atoms with Crippen LogP contribution < -0.4 is 5.73 Å². The summed E-state index contributed by atoms with van der Waals surface area (Å²) >= 11 is 0. The van der Waals surface area contributed by atoms with Crippen molar-refractivity contribution >= 4 is 5.84 Å². The number of aryl methyl sites for hydroxylation is 1. The van der Waals surface area contributed by atoms with Crippen molar-refractivity contribution in [3.05, 3.63) is 35.9 Å². The Morgan fingerprint density at radius 1 is 1.38 bits per heavy atom. The fourth-order valence-electron chi connectivity index (χ4n) is 1.57. The van der Waals surface area contributed by atoms with Crippen molar-refractivity contribution in [1.82, 2.24) is 0 Å². The van der Waals surface area contributed by atoms with E-state index >= 15 is 0 Å². The molecule has 1 rings (SSSR count). The molecule has 1 unspecified atom stereocenters. The molecule has 88 valence electrons. The molecule has 0 amide bonds. The van der Waals surface area contributed by atoms with Gasteiger partial charge in [-0.15, -0.1) is 0 Å². The van der Waals surface area contributed by atoms with E-state index in [-0.39, 0.29) is 11.9 Å². The Bertz CT molecular complexity index is 311. The first kappa shape index (κ1) is 12.7. The Morgan fingerprint density at radius 3 is 2.69 bits per heavy atom. The maximum absolute atomic E-state index is 7.14. The monoisotopic (exact) mass is 220 g/mol. The molecule has 0 spiro atoms. The van der Waals surface area contributed by atoms with Crippen LogP contribution in [0.2, 0.25) is 0 Å². The lowest BCUT2D eigenvalue weighted by Crippen LogP contribution is -2.20. The van der Waals surface area contributed by atoms with E-state index in [0.29, 0.717) is 6.42 Å². The maximum atomic E-state index is 7.14. The summed E-state index contributed by atoms with van der Waals surface area (Å²) in [6.07, 6.45) is 2.61. The van der Waals surface area contributed by atoms with Gasteiger partial charge in [-0.2, -0.15) is 0 Å². The second-order valence-electron chi connectivity index (χ2n) is 4.00. The van der Waals surface area contributed by atoms with Gasteiger partial charge in [0.1, 0.15) is 0 Å². The van der Waals surface area contributed by atoms with Gasteiger partial charge < -0.3 is 10.5 Å². The van der Waals surface area contributed by atoms with Crippen molar-refractivity contribution in [1.29, 1.82) is 5.41 Å². The van der Waals surface area contributed by atoms with E-state index in [4.69, 9.17) is 15.9 Å². The lowest BCUT2D eigenvalue weighted by molar-refractivity contribution is 0.0692. The highest BCUT2D eigenvalue weighted by Crippen LogP contribution is 2.04. The molecular formula is C13H20N2O. The number of nitrogens with one attached hydrogen (secondary N) is 1. The zero-order valence-electron chi connectivity index (χ0n) is 9.78. The van der Waals surface area contributed by atoms with Crippen molar-refractivity contribution < 1.29 is 4.74 Å². The zero-order valence-corrected chi connectivity index (χ0v) is 9.78. The molecule has 0 aliphatic heterocycles. The summed E-state index contributed by atoms with van der Waals surface area (Å²) in [4.78, 5) is 0. The van der Waals surface area contributed by atoms with Crippen LogP contribution in [0.4, 0.5) is 0 Å². The number of nitrogens with two attached hydrogens (primary N) is 1. The number of ether oxygens (including phenoxy) is 1. The zero-order chi connectivity index (χ0) is 11.8. The van der Waals surface area contributed by atoms with Crippen LogP contribution in [0.25, 0.3) is 0 Å². The standard InChI is InChI=1S/C13H20N2O/c1-11(10-13(14)15)16-9-5-8-12-6-3-2-4-7-12/h2-4,6-7,11H,5,8-10H2,1H3,(H3,14,15). The Balaban J connectivity index is 2.10. The minimum atomic E-state index is 0.0493. The molecule has 0 heterocycles. The molecule has 0 radical (unpaired) electrons. The third kappa shape index (κ3) is 5.51. The van der Waals surface area contributed by atoms with Crippen molar-refractivity contribution in [2.75, 3.05) is 6.61 Å². The van der Waals surface area contributed by atoms with Crippen molar-refractivity contribution in [2.24, 2.45) is 5.73 Å². The van der Waals surface area contributed by atoms with Gasteiger partial charge in [0.2, 0.25) is 0 Å². The summed E-state index contributed by atoms with van der Waals surface area (Å²) in [6.45, 7) is 2.67. The predicted octanol–water partition coefficient (Wildman–Crippen LogP) is 2.35. The van der Waals surface area contributed by atoms with Crippen LogP contribution in [0.1, 0.15) is 25.3 Å². The quantitative estimate of drug-likeness (QED) is 0.421. The lowest BCUT2D eigenvalue weighted by Gasteiger charge is -2.11. The summed E-state index contributed by atoms with van der Waals surface area (Å²) in [5, 5.41) is 7.14. The Kier molecular flexibility index (Phi) is 5.57. The summed E-state index contributed by atoms with van der Waals surface area (Å²) in [5.74, 6) is 0.190. The normalized spacial score (nSPS) is 12.3. The van der Waals surface area contributed by atoms with Crippen LogP contribution in [0.15, 0.2) is 30.3 Å². The molecule has 3 heteroatoms. The second-order valence-corrected chi connectivity index (χ2v) is 4.00. The number of benzene rings is 1. The van der Waals surface area contributed by atoms with Gasteiger partial charge in [-0.25, -0.2) is 0 Å². The van der Waals surface area contributed by atoms with Crippen LogP contribution >= 0.6 is 0 Å². The number of rotatable bonds is 7. The fourth-order valence-corrected chi connectivity index (χ4v) is 1.57. The highest BCUT2D eigenvalue weighted by Gasteiger charge is 2.03. The van der Waals surface area contributed by atoms with Crippen molar-refractivity contribution in [3.63, 3.8) is 0 Å². The summed E-state index contributed by atoms with van der Waals surface area (Å²) < 4.78 is 5.55. The summed E-state index contributed by atoms with van der Waals surface area (Å²) in [5.41, 5.74) is 6.63. The molecule has 0 saturated heterocycles. The molecule has 16 heavy (non-hydrogen) atoms. The number of amidine groups is 1. The number of hydrogen-bond acceptors (Lipinski definition) is 2. The molecule has 1 atom stereocenters. The fraction of sp³-hybridized carbons (Fsp3) is 0.462. The Labute approximate surface area is 97.1 Å². The highest BCUT2D eigenvalue weighted by atomic mass is 16.5.